The summed E-state index contributed by atoms with van der Waals surface area (Å²) in [6.07, 6.45) is 4.09. The minimum absolute atomic E-state index is 0.000241. The summed E-state index contributed by atoms with van der Waals surface area (Å²) in [6, 6.07) is 11.0. The summed E-state index contributed by atoms with van der Waals surface area (Å²) in [4.78, 5) is 23.2. The van der Waals surface area contributed by atoms with Gasteiger partial charge in [0.1, 0.15) is 29.9 Å². The molecule has 0 bridgehead atoms. The van der Waals surface area contributed by atoms with Crippen LogP contribution in [0, 0.1) is 12.5 Å². The van der Waals surface area contributed by atoms with Gasteiger partial charge in [-0.2, -0.15) is 0 Å². The molecule has 2 fully saturated rings. The highest BCUT2D eigenvalue weighted by atomic mass is 32.2. The predicted molar refractivity (Wildman–Crippen MR) is 163 cm³/mol. The number of carbonyl (C=O) groups is 1. The fraction of sp³-hybridized carbons (Fsp3) is 0.500. The van der Waals surface area contributed by atoms with Crippen molar-refractivity contribution in [2.24, 2.45) is 5.92 Å². The number of nitrogens with zero attached hydrogens (tertiary/aromatic N) is 2. The molecular formula is C30H37N4O6S2+. The Bertz CT molecular complexity index is 1290. The van der Waals surface area contributed by atoms with Crippen molar-refractivity contribution in [3.8, 4) is 17.7 Å². The second kappa shape index (κ2) is 13.4. The number of carbonyl (C=O) groups excluding carboxylic acids is 1. The van der Waals surface area contributed by atoms with Crippen LogP contribution in [0.5, 0.6) is 0 Å². The molecule has 1 aromatic carbocycles. The average Bonchev–Trinajstić information content (AvgIpc) is 3.20. The molecule has 5 rings (SSSR count). The first-order valence-electron chi connectivity index (χ1n) is 13.9. The lowest BCUT2D eigenvalue weighted by Gasteiger charge is -2.44. The number of hydrogen-bond acceptors (Lipinski definition) is 10. The van der Waals surface area contributed by atoms with E-state index in [0.717, 1.165) is 22.4 Å². The molecule has 1 amide bonds. The first-order chi connectivity index (χ1) is 20.3. The van der Waals surface area contributed by atoms with E-state index in [2.05, 4.69) is 20.5 Å². The smallest absolute Gasteiger partial charge is 0.388 e. The quantitative estimate of drug-likeness (QED) is 0.222. The topological polar surface area (TPSA) is 138 Å². The number of fused-ring (bicyclic) bond motifs is 1. The number of allylic oxidation sites excluding steroid dienone is 1. The van der Waals surface area contributed by atoms with Gasteiger partial charge in [-0.15, -0.1) is 23.5 Å². The zero-order chi connectivity index (χ0) is 29.9. The Morgan fingerprint density at radius 3 is 2.64 bits per heavy atom. The van der Waals surface area contributed by atoms with Crippen LogP contribution in [0.25, 0.3) is 16.0 Å². The first kappa shape index (κ1) is 31.0. The van der Waals surface area contributed by atoms with Gasteiger partial charge in [0.2, 0.25) is 0 Å². The fourth-order valence-electron chi connectivity index (χ4n) is 5.83. The molecule has 12 heteroatoms. The zero-order valence-electron chi connectivity index (χ0n) is 23.4. The Morgan fingerprint density at radius 1 is 1.17 bits per heavy atom. The maximum atomic E-state index is 14.1. The van der Waals surface area contributed by atoms with Gasteiger partial charge in [-0.1, -0.05) is 37.3 Å². The molecule has 42 heavy (non-hydrogen) atoms. The Labute approximate surface area is 254 Å². The van der Waals surface area contributed by atoms with Crippen molar-refractivity contribution in [2.75, 3.05) is 19.4 Å². The fourth-order valence-corrected chi connectivity index (χ4v) is 7.60. The summed E-state index contributed by atoms with van der Waals surface area (Å²) in [5.41, 5.74) is -0.332. The number of thioether (sulfide) groups is 2. The van der Waals surface area contributed by atoms with Crippen molar-refractivity contribution in [1.82, 2.24) is 15.6 Å². The monoisotopic (exact) mass is 613 g/mol. The lowest BCUT2D eigenvalue weighted by Crippen LogP contribution is -2.67. The van der Waals surface area contributed by atoms with Crippen molar-refractivity contribution < 1.29 is 29.6 Å². The van der Waals surface area contributed by atoms with Gasteiger partial charge >= 0.3 is 11.6 Å². The number of nitrogens with one attached hydrogen (secondary N) is 2. The zero-order valence-corrected chi connectivity index (χ0v) is 25.1. The summed E-state index contributed by atoms with van der Waals surface area (Å²) in [6.45, 7) is 8.63. The van der Waals surface area contributed by atoms with Crippen LogP contribution >= 0.6 is 23.5 Å². The third kappa shape index (κ3) is 6.11. The summed E-state index contributed by atoms with van der Waals surface area (Å²) >= 11 is 2.70. The van der Waals surface area contributed by atoms with Crippen LogP contribution < -0.4 is 10.6 Å². The minimum atomic E-state index is -1.54. The lowest BCUT2D eigenvalue weighted by molar-refractivity contribution is -0.205. The van der Waals surface area contributed by atoms with E-state index in [0.29, 0.717) is 13.2 Å². The third-order valence-corrected chi connectivity index (χ3v) is 10.2. The number of amides is 1. The Morgan fingerprint density at radius 2 is 1.95 bits per heavy atom. The maximum Gasteiger partial charge on any atom is 0.437 e. The van der Waals surface area contributed by atoms with Gasteiger partial charge in [-0.25, -0.2) is 5.32 Å². The van der Waals surface area contributed by atoms with E-state index in [1.54, 1.807) is 18.6 Å². The molecule has 5 N–H and O–H groups in total. The number of pyridine rings is 1. The molecule has 1 aromatic heterocycles. The Balaban J connectivity index is 1.41. The van der Waals surface area contributed by atoms with Crippen molar-refractivity contribution in [3.05, 3.63) is 65.8 Å². The largest absolute Gasteiger partial charge is 0.437 e. The van der Waals surface area contributed by atoms with Crippen LogP contribution in [0.3, 0.4) is 0 Å². The summed E-state index contributed by atoms with van der Waals surface area (Å²) < 4.78 is 12.2. The van der Waals surface area contributed by atoms with Gasteiger partial charge in [0, 0.05) is 35.0 Å². The Hall–Kier alpha value is -2.47. The normalized spacial score (nSPS) is 34.0. The van der Waals surface area contributed by atoms with E-state index < -0.39 is 53.6 Å². The van der Waals surface area contributed by atoms with Gasteiger partial charge in [0.15, 0.2) is 6.10 Å². The predicted octanol–water partition coefficient (Wildman–Crippen LogP) is 2.11. The van der Waals surface area contributed by atoms with Crippen LogP contribution in [-0.4, -0.2) is 98.5 Å². The molecule has 4 heterocycles. The van der Waals surface area contributed by atoms with E-state index in [1.807, 2.05) is 55.5 Å². The number of aromatic nitrogens is 1. The summed E-state index contributed by atoms with van der Waals surface area (Å²) in [5.74, 6) is -0.513. The lowest BCUT2D eigenvalue weighted by atomic mass is 9.91. The second-order valence-electron chi connectivity index (χ2n) is 10.8. The molecule has 3 aliphatic heterocycles. The van der Waals surface area contributed by atoms with Crippen molar-refractivity contribution >= 4 is 29.4 Å². The standard InChI is InChI=1S/C30H36N4O6S2/c1-17(42-21-11-9-18(10-12-21)19-8-6-13-32-15-19)22(26-24(36)23(35)25(37)28(40-26)41-3)34-29(38)30(31-2)27-20(16-33-30)7-4-5-14-39-27/h2,4-6,8-13,15,17,20,22-28,33,35-37H,7,14,16H2,1,3H3/p+1/t17-,20-,22+,23?,24?,25+,26+,27+,28?,30-/m0/s1. The number of ether oxygens (including phenoxy) is 2. The average molecular weight is 614 g/mol. The SMILES string of the molecule is C#[N+][C@]1(C(=O)N[C@H]([C@H](C)Sc2ccc(-c3cccnc3)cc2)[C@H]2OC(SC)[C@H](O)C(O)C2O)NC[C@@H]2CC=CCO[C@H]21. The van der Waals surface area contributed by atoms with E-state index in [9.17, 15) is 20.1 Å². The number of aliphatic hydroxyl groups excluding tert-OH is 3. The molecule has 224 valence electrons. The molecule has 0 spiro atoms. The van der Waals surface area contributed by atoms with Gasteiger partial charge in [0.25, 0.3) is 6.57 Å². The van der Waals surface area contributed by atoms with Crippen molar-refractivity contribution in [2.45, 2.75) is 71.2 Å². The second-order valence-corrected chi connectivity index (χ2v) is 13.1. The molecule has 0 radical (unpaired) electrons. The molecule has 2 saturated heterocycles. The van der Waals surface area contributed by atoms with Crippen molar-refractivity contribution in [1.29, 1.82) is 0 Å². The number of aliphatic hydroxyl groups is 3. The van der Waals surface area contributed by atoms with Crippen LogP contribution in [0.4, 0.5) is 0 Å². The van der Waals surface area contributed by atoms with Gasteiger partial charge in [-0.05, 0) is 46.8 Å². The number of benzene rings is 1. The molecular weight excluding hydrogens is 576 g/mol. The summed E-state index contributed by atoms with van der Waals surface area (Å²) in [5, 5.41) is 38.1. The molecule has 3 unspecified atom stereocenters. The van der Waals surface area contributed by atoms with Gasteiger partial charge in [0.05, 0.1) is 12.6 Å². The molecule has 0 saturated carbocycles. The van der Waals surface area contributed by atoms with Crippen LogP contribution in [0.15, 0.2) is 65.8 Å². The minimum Gasteiger partial charge on any atom is -0.388 e. The maximum absolute atomic E-state index is 14.1. The number of rotatable bonds is 8. The highest BCUT2D eigenvalue weighted by molar-refractivity contribution is 8.00. The van der Waals surface area contributed by atoms with Crippen LogP contribution in [0.2, 0.25) is 0 Å². The first-order valence-corrected chi connectivity index (χ1v) is 16.1. The highest BCUT2D eigenvalue weighted by Crippen LogP contribution is 2.37. The van der Waals surface area contributed by atoms with Crippen LogP contribution in [-0.2, 0) is 14.3 Å². The number of hydrogen-bond donors (Lipinski definition) is 5. The van der Waals surface area contributed by atoms with Gasteiger partial charge in [-0.3, -0.25) is 9.78 Å². The molecule has 2 aromatic rings. The Kier molecular flexibility index (Phi) is 9.92. The van der Waals surface area contributed by atoms with E-state index in [1.165, 1.54) is 23.5 Å². The molecule has 10 atom stereocenters. The summed E-state index contributed by atoms with van der Waals surface area (Å²) in [7, 11) is 0. The molecule has 3 aliphatic rings. The van der Waals surface area contributed by atoms with Crippen molar-refractivity contribution in [3.63, 3.8) is 0 Å². The van der Waals surface area contributed by atoms with E-state index >= 15 is 0 Å². The molecule has 0 aliphatic carbocycles. The van der Waals surface area contributed by atoms with Gasteiger partial charge < -0.3 is 30.1 Å². The van der Waals surface area contributed by atoms with E-state index in [4.69, 9.17) is 16.0 Å². The van der Waals surface area contributed by atoms with E-state index in [-0.39, 0.29) is 11.2 Å². The third-order valence-electron chi connectivity index (χ3n) is 8.17. The van der Waals surface area contributed by atoms with Crippen LogP contribution in [0.1, 0.15) is 13.3 Å². The highest BCUT2D eigenvalue weighted by Gasteiger charge is 2.65. The molecule has 10 nitrogen and oxygen atoms in total.